The van der Waals surface area contributed by atoms with Gasteiger partial charge in [0, 0.05) is 18.3 Å². The Balaban J connectivity index is 2.90. The van der Waals surface area contributed by atoms with Crippen molar-refractivity contribution in [1.29, 1.82) is 0 Å². The standard InChI is InChI=1S/C12H17N3O2/c1-8-4-5-9(12(17)14-3)6-10(8)15-11(16)7-13-2/h4-6,13H,7H2,1-3H3,(H,14,17)(H,15,16). The molecule has 0 aliphatic heterocycles. The van der Waals surface area contributed by atoms with E-state index in [0.29, 0.717) is 11.3 Å². The highest BCUT2D eigenvalue weighted by Crippen LogP contribution is 2.16. The van der Waals surface area contributed by atoms with Gasteiger partial charge in [0.25, 0.3) is 5.91 Å². The van der Waals surface area contributed by atoms with Gasteiger partial charge in [-0.1, -0.05) is 6.07 Å². The summed E-state index contributed by atoms with van der Waals surface area (Å²) in [7, 11) is 3.27. The Hall–Kier alpha value is -1.88. The van der Waals surface area contributed by atoms with Gasteiger partial charge in [-0.2, -0.15) is 0 Å². The largest absolute Gasteiger partial charge is 0.355 e. The summed E-state index contributed by atoms with van der Waals surface area (Å²) in [5, 5.41) is 8.06. The van der Waals surface area contributed by atoms with Crippen molar-refractivity contribution in [1.82, 2.24) is 10.6 Å². The number of nitrogens with one attached hydrogen (secondary N) is 3. The quantitative estimate of drug-likeness (QED) is 0.712. The third-order valence-corrected chi connectivity index (χ3v) is 2.34. The zero-order chi connectivity index (χ0) is 12.8. The van der Waals surface area contributed by atoms with Crippen molar-refractivity contribution in [3.8, 4) is 0 Å². The molecule has 0 fully saturated rings. The van der Waals surface area contributed by atoms with E-state index in [-0.39, 0.29) is 18.4 Å². The molecular weight excluding hydrogens is 218 g/mol. The summed E-state index contributed by atoms with van der Waals surface area (Å²) in [5.41, 5.74) is 2.10. The molecule has 0 atom stereocenters. The Morgan fingerprint density at radius 1 is 1.24 bits per heavy atom. The molecule has 5 nitrogen and oxygen atoms in total. The molecule has 0 heterocycles. The first kappa shape index (κ1) is 13.2. The molecule has 1 aromatic carbocycles. The van der Waals surface area contributed by atoms with Gasteiger partial charge in [0.15, 0.2) is 0 Å². The van der Waals surface area contributed by atoms with Crippen LogP contribution in [0.4, 0.5) is 5.69 Å². The summed E-state index contributed by atoms with van der Waals surface area (Å²) in [4.78, 5) is 22.9. The second-order valence-corrected chi connectivity index (χ2v) is 3.69. The van der Waals surface area contributed by atoms with Gasteiger partial charge in [0.2, 0.25) is 5.91 Å². The molecule has 92 valence electrons. The minimum Gasteiger partial charge on any atom is -0.355 e. The van der Waals surface area contributed by atoms with Crippen molar-refractivity contribution < 1.29 is 9.59 Å². The van der Waals surface area contributed by atoms with Gasteiger partial charge in [-0.25, -0.2) is 0 Å². The molecule has 0 saturated carbocycles. The Kier molecular flexibility index (Phi) is 4.66. The van der Waals surface area contributed by atoms with Crippen LogP contribution >= 0.6 is 0 Å². The third-order valence-electron chi connectivity index (χ3n) is 2.34. The maximum Gasteiger partial charge on any atom is 0.251 e. The van der Waals surface area contributed by atoms with E-state index >= 15 is 0 Å². The van der Waals surface area contributed by atoms with E-state index in [4.69, 9.17) is 0 Å². The van der Waals surface area contributed by atoms with E-state index in [1.54, 1.807) is 32.3 Å². The summed E-state index contributed by atoms with van der Waals surface area (Å²) in [5.74, 6) is -0.307. The summed E-state index contributed by atoms with van der Waals surface area (Å²) in [6, 6.07) is 5.20. The van der Waals surface area contributed by atoms with Gasteiger partial charge in [-0.05, 0) is 31.7 Å². The van der Waals surface area contributed by atoms with E-state index in [9.17, 15) is 9.59 Å². The fourth-order valence-electron chi connectivity index (χ4n) is 1.40. The molecule has 0 bridgehead atoms. The van der Waals surface area contributed by atoms with Crippen molar-refractivity contribution in [2.75, 3.05) is 26.0 Å². The number of likely N-dealkylation sites (N-methyl/N-ethyl adjacent to an activating group) is 1. The highest BCUT2D eigenvalue weighted by Gasteiger charge is 2.08. The number of benzene rings is 1. The summed E-state index contributed by atoms with van der Waals surface area (Å²) < 4.78 is 0. The molecule has 0 saturated heterocycles. The molecule has 17 heavy (non-hydrogen) atoms. The molecule has 3 N–H and O–H groups in total. The minimum absolute atomic E-state index is 0.135. The average molecular weight is 235 g/mol. The van der Waals surface area contributed by atoms with Crippen LogP contribution in [0.15, 0.2) is 18.2 Å². The number of anilines is 1. The molecule has 0 spiro atoms. The first-order valence-corrected chi connectivity index (χ1v) is 5.35. The van der Waals surface area contributed by atoms with Gasteiger partial charge in [-0.15, -0.1) is 0 Å². The first-order chi connectivity index (χ1) is 8.08. The van der Waals surface area contributed by atoms with Gasteiger partial charge in [0.1, 0.15) is 0 Å². The monoisotopic (exact) mass is 235 g/mol. The lowest BCUT2D eigenvalue weighted by molar-refractivity contribution is -0.115. The number of hydrogen-bond acceptors (Lipinski definition) is 3. The molecular formula is C12H17N3O2. The molecule has 0 aromatic heterocycles. The molecule has 0 unspecified atom stereocenters. The maximum atomic E-state index is 11.5. The van der Waals surface area contributed by atoms with Gasteiger partial charge in [-0.3, -0.25) is 9.59 Å². The highest BCUT2D eigenvalue weighted by atomic mass is 16.2. The second kappa shape index (κ2) is 6.00. The van der Waals surface area contributed by atoms with Crippen LogP contribution in [-0.4, -0.2) is 32.5 Å². The molecule has 1 rings (SSSR count). The van der Waals surface area contributed by atoms with E-state index in [1.165, 1.54) is 0 Å². The predicted molar refractivity (Wildman–Crippen MR) is 67.1 cm³/mol. The summed E-state index contributed by atoms with van der Waals surface area (Å²) in [6.07, 6.45) is 0. The fraction of sp³-hybridized carbons (Fsp3) is 0.333. The highest BCUT2D eigenvalue weighted by molar-refractivity contribution is 5.98. The van der Waals surface area contributed by atoms with Gasteiger partial charge in [0.05, 0.1) is 6.54 Å². The van der Waals surface area contributed by atoms with E-state index in [1.807, 2.05) is 6.92 Å². The smallest absolute Gasteiger partial charge is 0.251 e. The zero-order valence-corrected chi connectivity index (χ0v) is 10.3. The number of aryl methyl sites for hydroxylation is 1. The van der Waals surface area contributed by atoms with Crippen molar-refractivity contribution in [2.24, 2.45) is 0 Å². The van der Waals surface area contributed by atoms with Crippen LogP contribution in [0.25, 0.3) is 0 Å². The van der Waals surface area contributed by atoms with Crippen molar-refractivity contribution >= 4 is 17.5 Å². The summed E-state index contributed by atoms with van der Waals surface area (Å²) >= 11 is 0. The molecule has 2 amide bonds. The number of rotatable bonds is 4. The van der Waals surface area contributed by atoms with Crippen molar-refractivity contribution in [3.63, 3.8) is 0 Å². The number of hydrogen-bond donors (Lipinski definition) is 3. The molecule has 0 radical (unpaired) electrons. The fourth-order valence-corrected chi connectivity index (χ4v) is 1.40. The second-order valence-electron chi connectivity index (χ2n) is 3.69. The Morgan fingerprint density at radius 3 is 2.53 bits per heavy atom. The molecule has 5 heteroatoms. The van der Waals surface area contributed by atoms with E-state index < -0.39 is 0 Å². The van der Waals surface area contributed by atoms with Gasteiger partial charge >= 0.3 is 0 Å². The number of carbonyl (C=O) groups excluding carboxylic acids is 2. The van der Waals surface area contributed by atoms with Crippen LogP contribution < -0.4 is 16.0 Å². The third kappa shape index (κ3) is 3.57. The molecule has 0 aliphatic carbocycles. The van der Waals surface area contributed by atoms with Crippen LogP contribution in [0, 0.1) is 6.92 Å². The minimum atomic E-state index is -0.172. The lowest BCUT2D eigenvalue weighted by atomic mass is 10.1. The predicted octanol–water partition coefficient (Wildman–Crippen LogP) is 0.513. The number of carbonyl (C=O) groups is 2. The lowest BCUT2D eigenvalue weighted by Crippen LogP contribution is -2.25. The molecule has 1 aromatic rings. The SMILES string of the molecule is CNCC(=O)Nc1cc(C(=O)NC)ccc1C. The topological polar surface area (TPSA) is 70.2 Å². The van der Waals surface area contributed by atoms with Crippen molar-refractivity contribution in [2.45, 2.75) is 6.92 Å². The number of amides is 2. The lowest BCUT2D eigenvalue weighted by Gasteiger charge is -2.10. The first-order valence-electron chi connectivity index (χ1n) is 5.35. The molecule has 0 aliphatic rings. The van der Waals surface area contributed by atoms with Crippen LogP contribution in [0.1, 0.15) is 15.9 Å². The summed E-state index contributed by atoms with van der Waals surface area (Å²) in [6.45, 7) is 2.12. The Bertz CT molecular complexity index is 430. The van der Waals surface area contributed by atoms with E-state index in [0.717, 1.165) is 5.56 Å². The van der Waals surface area contributed by atoms with Crippen LogP contribution in [0.5, 0.6) is 0 Å². The zero-order valence-electron chi connectivity index (χ0n) is 10.3. The van der Waals surface area contributed by atoms with Crippen LogP contribution in [-0.2, 0) is 4.79 Å². The Morgan fingerprint density at radius 2 is 1.94 bits per heavy atom. The normalized spacial score (nSPS) is 9.82. The van der Waals surface area contributed by atoms with Crippen LogP contribution in [0.3, 0.4) is 0 Å². The van der Waals surface area contributed by atoms with E-state index in [2.05, 4.69) is 16.0 Å². The van der Waals surface area contributed by atoms with Crippen molar-refractivity contribution in [3.05, 3.63) is 29.3 Å². The van der Waals surface area contributed by atoms with Crippen LogP contribution in [0.2, 0.25) is 0 Å². The maximum absolute atomic E-state index is 11.5. The van der Waals surface area contributed by atoms with Gasteiger partial charge < -0.3 is 16.0 Å². The Labute approximate surface area is 101 Å². The average Bonchev–Trinajstić information content (AvgIpc) is 2.31.